The number of aliphatic hydroxyl groups excluding tert-OH is 1. The third-order valence-corrected chi connectivity index (χ3v) is 6.23. The second kappa shape index (κ2) is 7.13. The highest BCUT2D eigenvalue weighted by Gasteiger charge is 2.35. The maximum absolute atomic E-state index is 12.4. The van der Waals surface area contributed by atoms with Crippen LogP contribution in [0.2, 0.25) is 0 Å². The molecule has 5 unspecified atom stereocenters. The minimum Gasteiger partial charge on any atom is -0.393 e. The Kier molecular flexibility index (Phi) is 5.20. The molecule has 3 aliphatic carbocycles. The van der Waals surface area contributed by atoms with Gasteiger partial charge < -0.3 is 10.4 Å². The molecule has 0 bridgehead atoms. The van der Waals surface area contributed by atoms with Gasteiger partial charge in [0.25, 0.3) is 0 Å². The van der Waals surface area contributed by atoms with Crippen LogP contribution < -0.4 is 5.32 Å². The number of nitrogens with one attached hydrogen (secondary N) is 1. The van der Waals surface area contributed by atoms with Crippen molar-refractivity contribution in [1.82, 2.24) is 5.32 Å². The minimum absolute atomic E-state index is 0.140. The molecule has 0 aromatic carbocycles. The Labute approximate surface area is 128 Å². The molecule has 3 nitrogen and oxygen atoms in total. The van der Waals surface area contributed by atoms with Gasteiger partial charge in [0, 0.05) is 12.5 Å². The van der Waals surface area contributed by atoms with Crippen molar-refractivity contribution >= 4 is 5.91 Å². The molecule has 0 radical (unpaired) electrons. The van der Waals surface area contributed by atoms with Gasteiger partial charge >= 0.3 is 0 Å². The Morgan fingerprint density at radius 1 is 0.905 bits per heavy atom. The molecule has 0 aromatic heterocycles. The topological polar surface area (TPSA) is 49.3 Å². The van der Waals surface area contributed by atoms with Crippen LogP contribution in [0.1, 0.15) is 70.6 Å². The fraction of sp³-hybridized carbons (Fsp3) is 0.944. The molecule has 3 fully saturated rings. The van der Waals surface area contributed by atoms with Crippen LogP contribution in [0, 0.1) is 23.7 Å². The zero-order chi connectivity index (χ0) is 14.7. The third kappa shape index (κ3) is 4.00. The number of carbonyl (C=O) groups is 1. The number of amides is 1. The summed E-state index contributed by atoms with van der Waals surface area (Å²) in [6.07, 6.45) is 13.0. The summed E-state index contributed by atoms with van der Waals surface area (Å²) in [5, 5.41) is 12.9. The fourth-order valence-electron chi connectivity index (χ4n) is 4.95. The molecule has 120 valence electrons. The van der Waals surface area contributed by atoms with Crippen molar-refractivity contribution in [3.05, 3.63) is 0 Å². The number of fused-ring (bicyclic) bond motifs is 1. The molecule has 2 N–H and O–H groups in total. The van der Waals surface area contributed by atoms with Gasteiger partial charge in [0.1, 0.15) is 0 Å². The zero-order valence-electron chi connectivity index (χ0n) is 13.2. The van der Waals surface area contributed by atoms with E-state index < -0.39 is 0 Å². The Balaban J connectivity index is 1.43. The van der Waals surface area contributed by atoms with Crippen LogP contribution in [0.4, 0.5) is 0 Å². The molecule has 0 heterocycles. The summed E-state index contributed by atoms with van der Waals surface area (Å²) in [7, 11) is 0. The maximum atomic E-state index is 12.4. The largest absolute Gasteiger partial charge is 0.393 e. The minimum atomic E-state index is -0.140. The van der Waals surface area contributed by atoms with Crippen LogP contribution in [0.15, 0.2) is 0 Å². The molecule has 21 heavy (non-hydrogen) atoms. The first kappa shape index (κ1) is 15.3. The van der Waals surface area contributed by atoms with Gasteiger partial charge in [-0.2, -0.15) is 0 Å². The molecule has 3 rings (SSSR count). The molecule has 1 amide bonds. The number of hydrogen-bond acceptors (Lipinski definition) is 2. The predicted molar refractivity (Wildman–Crippen MR) is 83.8 cm³/mol. The molecular weight excluding hydrogens is 262 g/mol. The van der Waals surface area contributed by atoms with Crippen LogP contribution in [0.5, 0.6) is 0 Å². The van der Waals surface area contributed by atoms with Gasteiger partial charge in [-0.25, -0.2) is 0 Å². The number of aliphatic hydroxyl groups is 1. The molecule has 3 aliphatic rings. The van der Waals surface area contributed by atoms with Gasteiger partial charge in [-0.15, -0.1) is 0 Å². The van der Waals surface area contributed by atoms with Crippen molar-refractivity contribution in [3.63, 3.8) is 0 Å². The van der Waals surface area contributed by atoms with Crippen LogP contribution in [-0.4, -0.2) is 23.7 Å². The second-order valence-corrected chi connectivity index (χ2v) is 7.75. The second-order valence-electron chi connectivity index (χ2n) is 7.75. The summed E-state index contributed by atoms with van der Waals surface area (Å²) in [5.41, 5.74) is 0. The maximum Gasteiger partial charge on any atom is 0.223 e. The first-order chi connectivity index (χ1) is 10.2. The van der Waals surface area contributed by atoms with E-state index in [4.69, 9.17) is 0 Å². The Morgan fingerprint density at radius 3 is 2.52 bits per heavy atom. The van der Waals surface area contributed by atoms with Crippen molar-refractivity contribution in [1.29, 1.82) is 0 Å². The van der Waals surface area contributed by atoms with Crippen molar-refractivity contribution in [3.8, 4) is 0 Å². The standard InChI is InChI=1S/C18H31NO2/c20-17-7-3-4-13(10-17)12-19-18(21)16-9-8-14-5-1-2-6-15(14)11-16/h13-17,20H,1-12H2,(H,19,21). The molecule has 0 aliphatic heterocycles. The highest BCUT2D eigenvalue weighted by molar-refractivity contribution is 5.78. The van der Waals surface area contributed by atoms with E-state index >= 15 is 0 Å². The van der Waals surface area contributed by atoms with Crippen molar-refractivity contribution in [2.75, 3.05) is 6.54 Å². The molecule has 0 aromatic rings. The smallest absolute Gasteiger partial charge is 0.223 e. The fourth-order valence-corrected chi connectivity index (χ4v) is 4.95. The molecule has 0 saturated heterocycles. The van der Waals surface area contributed by atoms with Crippen LogP contribution in [0.3, 0.4) is 0 Å². The van der Waals surface area contributed by atoms with Gasteiger partial charge in [0.2, 0.25) is 5.91 Å². The first-order valence-electron chi connectivity index (χ1n) is 9.18. The van der Waals surface area contributed by atoms with Gasteiger partial charge in [-0.05, 0) is 56.3 Å². The van der Waals surface area contributed by atoms with Crippen LogP contribution in [-0.2, 0) is 4.79 Å². The van der Waals surface area contributed by atoms with E-state index in [1.165, 1.54) is 32.1 Å². The third-order valence-electron chi connectivity index (χ3n) is 6.23. The summed E-state index contributed by atoms with van der Waals surface area (Å²) >= 11 is 0. The average molecular weight is 293 g/mol. The lowest BCUT2D eigenvalue weighted by molar-refractivity contribution is -0.127. The monoisotopic (exact) mass is 293 g/mol. The number of hydrogen-bond donors (Lipinski definition) is 2. The summed E-state index contributed by atoms with van der Waals surface area (Å²) in [6, 6.07) is 0. The summed E-state index contributed by atoms with van der Waals surface area (Å²) in [5.74, 6) is 2.77. The lowest BCUT2D eigenvalue weighted by Gasteiger charge is -2.39. The van der Waals surface area contributed by atoms with E-state index in [0.717, 1.165) is 56.9 Å². The van der Waals surface area contributed by atoms with Gasteiger partial charge in [0.15, 0.2) is 0 Å². The van der Waals surface area contributed by atoms with Crippen molar-refractivity contribution < 1.29 is 9.90 Å². The highest BCUT2D eigenvalue weighted by atomic mass is 16.3. The zero-order valence-corrected chi connectivity index (χ0v) is 13.2. The van der Waals surface area contributed by atoms with E-state index in [9.17, 15) is 9.90 Å². The van der Waals surface area contributed by atoms with Gasteiger partial charge in [-0.3, -0.25) is 4.79 Å². The molecule has 3 saturated carbocycles. The lowest BCUT2D eigenvalue weighted by atomic mass is 9.67. The Hall–Kier alpha value is -0.570. The summed E-state index contributed by atoms with van der Waals surface area (Å²) < 4.78 is 0. The summed E-state index contributed by atoms with van der Waals surface area (Å²) in [4.78, 5) is 12.4. The SMILES string of the molecule is O=C(NCC1CCCC(O)C1)C1CCC2CCCCC2C1. The van der Waals surface area contributed by atoms with E-state index in [1.807, 2.05) is 0 Å². The summed E-state index contributed by atoms with van der Waals surface area (Å²) in [6.45, 7) is 0.778. The van der Waals surface area contributed by atoms with Crippen molar-refractivity contribution in [2.45, 2.75) is 76.7 Å². The first-order valence-corrected chi connectivity index (χ1v) is 9.18. The molecule has 5 atom stereocenters. The molecule has 0 spiro atoms. The van der Waals surface area contributed by atoms with E-state index in [2.05, 4.69) is 5.32 Å². The number of rotatable bonds is 3. The normalized spacial score (nSPS) is 40.3. The average Bonchev–Trinajstić information content (AvgIpc) is 2.52. The molecule has 3 heteroatoms. The highest BCUT2D eigenvalue weighted by Crippen LogP contribution is 2.42. The lowest BCUT2D eigenvalue weighted by Crippen LogP contribution is -2.40. The number of carbonyl (C=O) groups excluding carboxylic acids is 1. The van der Waals surface area contributed by atoms with E-state index in [1.54, 1.807) is 0 Å². The van der Waals surface area contributed by atoms with E-state index in [0.29, 0.717) is 11.8 Å². The van der Waals surface area contributed by atoms with Crippen molar-refractivity contribution in [2.24, 2.45) is 23.7 Å². The van der Waals surface area contributed by atoms with Gasteiger partial charge in [-0.1, -0.05) is 32.1 Å². The quantitative estimate of drug-likeness (QED) is 0.839. The predicted octanol–water partition coefficient (Wildman–Crippen LogP) is 3.26. The molecular formula is C18H31NO2. The Bertz CT molecular complexity index is 357. The Morgan fingerprint density at radius 2 is 1.71 bits per heavy atom. The van der Waals surface area contributed by atoms with Crippen LogP contribution >= 0.6 is 0 Å². The van der Waals surface area contributed by atoms with E-state index in [-0.39, 0.29) is 12.0 Å². The van der Waals surface area contributed by atoms with Crippen LogP contribution in [0.25, 0.3) is 0 Å². The van der Waals surface area contributed by atoms with Gasteiger partial charge in [0.05, 0.1) is 6.10 Å².